The quantitative estimate of drug-likeness (QED) is 0.545. The summed E-state index contributed by atoms with van der Waals surface area (Å²) in [6.45, 7) is 7.03. The number of hydrogen-bond acceptors (Lipinski definition) is 3. The van der Waals surface area contributed by atoms with Gasteiger partial charge in [-0.25, -0.2) is 8.42 Å². The van der Waals surface area contributed by atoms with Crippen LogP contribution in [0.5, 0.6) is 0 Å². The Balaban J connectivity index is 4.03. The third kappa shape index (κ3) is 10.1. The van der Waals surface area contributed by atoms with Crippen LogP contribution in [0.3, 0.4) is 0 Å². The molecule has 1 atom stereocenters. The fraction of sp³-hybridized carbons (Fsp3) is 0.909. The number of hydrogen-bond donors (Lipinski definition) is 2. The lowest BCUT2D eigenvalue weighted by molar-refractivity contribution is 0.572. The van der Waals surface area contributed by atoms with Gasteiger partial charge in [-0.15, -0.1) is 0 Å². The summed E-state index contributed by atoms with van der Waals surface area (Å²) in [5.74, 6) is 1.46. The fourth-order valence-corrected chi connectivity index (χ4v) is 1.97. The van der Waals surface area contributed by atoms with Gasteiger partial charge in [0.15, 0.2) is 5.96 Å². The maximum atomic E-state index is 11.0. The van der Waals surface area contributed by atoms with Crippen molar-refractivity contribution in [3.05, 3.63) is 0 Å². The Kier molecular flexibility index (Phi) is 7.18. The Morgan fingerprint density at radius 1 is 1.29 bits per heavy atom. The van der Waals surface area contributed by atoms with Gasteiger partial charge in [0.2, 0.25) is 0 Å². The lowest BCUT2D eigenvalue weighted by atomic mass is 10.2. The van der Waals surface area contributed by atoms with Crippen LogP contribution in [0.2, 0.25) is 0 Å². The second kappa shape index (κ2) is 7.53. The molecule has 0 saturated heterocycles. The van der Waals surface area contributed by atoms with Crippen molar-refractivity contribution in [2.45, 2.75) is 33.2 Å². The number of nitrogens with one attached hydrogen (secondary N) is 2. The lowest BCUT2D eigenvalue weighted by Gasteiger charge is -2.18. The number of guanidine groups is 1. The molecule has 5 nitrogen and oxygen atoms in total. The summed E-state index contributed by atoms with van der Waals surface area (Å²) in [6, 6.07) is 0.0862. The molecule has 0 bridgehead atoms. The molecule has 102 valence electrons. The molecule has 0 aliphatic carbocycles. The van der Waals surface area contributed by atoms with Crippen LogP contribution in [0.25, 0.3) is 0 Å². The molecular formula is C11H25N3O2S. The van der Waals surface area contributed by atoms with Crippen LogP contribution in [-0.4, -0.2) is 46.0 Å². The molecule has 0 aromatic rings. The molecule has 0 fully saturated rings. The molecule has 0 aliphatic heterocycles. The lowest BCUT2D eigenvalue weighted by Crippen LogP contribution is -2.43. The zero-order chi connectivity index (χ0) is 13.5. The van der Waals surface area contributed by atoms with E-state index >= 15 is 0 Å². The first kappa shape index (κ1) is 16.2. The molecule has 0 radical (unpaired) electrons. The average molecular weight is 263 g/mol. The number of rotatable bonds is 6. The highest BCUT2D eigenvalue weighted by atomic mass is 32.2. The van der Waals surface area contributed by atoms with E-state index in [9.17, 15) is 8.42 Å². The molecule has 0 aliphatic rings. The minimum atomic E-state index is -2.89. The minimum Gasteiger partial charge on any atom is -0.356 e. The molecule has 0 heterocycles. The van der Waals surface area contributed by atoms with Gasteiger partial charge >= 0.3 is 0 Å². The summed E-state index contributed by atoms with van der Waals surface area (Å²) in [6.07, 6.45) is 1.84. The Bertz CT molecular complexity index is 337. The first-order chi connectivity index (χ1) is 7.74. The van der Waals surface area contributed by atoms with Crippen molar-refractivity contribution >= 4 is 15.8 Å². The first-order valence-electron chi connectivity index (χ1n) is 5.89. The van der Waals surface area contributed by atoms with E-state index in [1.54, 1.807) is 7.05 Å². The van der Waals surface area contributed by atoms with Gasteiger partial charge in [0.1, 0.15) is 9.84 Å². The van der Waals surface area contributed by atoms with Crippen LogP contribution >= 0.6 is 0 Å². The van der Waals surface area contributed by atoms with Crippen LogP contribution in [0, 0.1) is 5.92 Å². The van der Waals surface area contributed by atoms with Crippen LogP contribution in [0.4, 0.5) is 0 Å². The molecule has 0 rings (SSSR count). The van der Waals surface area contributed by atoms with Crippen molar-refractivity contribution in [1.29, 1.82) is 0 Å². The van der Waals surface area contributed by atoms with Gasteiger partial charge in [0.25, 0.3) is 0 Å². The van der Waals surface area contributed by atoms with E-state index in [1.165, 1.54) is 6.26 Å². The zero-order valence-electron chi connectivity index (χ0n) is 11.4. The topological polar surface area (TPSA) is 70.6 Å². The van der Waals surface area contributed by atoms with Gasteiger partial charge in [-0.3, -0.25) is 4.99 Å². The fourth-order valence-electron chi connectivity index (χ4n) is 1.19. The monoisotopic (exact) mass is 263 g/mol. The minimum absolute atomic E-state index is 0.0862. The van der Waals surface area contributed by atoms with Crippen LogP contribution in [-0.2, 0) is 9.84 Å². The second-order valence-corrected chi connectivity index (χ2v) is 7.07. The maximum Gasteiger partial charge on any atom is 0.191 e. The van der Waals surface area contributed by atoms with E-state index in [-0.39, 0.29) is 11.8 Å². The van der Waals surface area contributed by atoms with Gasteiger partial charge in [0, 0.05) is 25.9 Å². The van der Waals surface area contributed by atoms with E-state index in [2.05, 4.69) is 29.5 Å². The van der Waals surface area contributed by atoms with Gasteiger partial charge in [0.05, 0.1) is 5.75 Å². The number of nitrogens with zero attached hydrogens (tertiary/aromatic N) is 1. The summed E-state index contributed by atoms with van der Waals surface area (Å²) >= 11 is 0. The summed E-state index contributed by atoms with van der Waals surface area (Å²) < 4.78 is 22.1. The van der Waals surface area contributed by atoms with Crippen molar-refractivity contribution in [2.75, 3.05) is 25.6 Å². The van der Waals surface area contributed by atoms with E-state index in [0.29, 0.717) is 12.3 Å². The Labute approximate surface area is 105 Å². The Hall–Kier alpha value is -0.780. The van der Waals surface area contributed by atoms with Gasteiger partial charge in [-0.1, -0.05) is 13.8 Å². The molecule has 0 spiro atoms. The van der Waals surface area contributed by atoms with E-state index < -0.39 is 9.84 Å². The van der Waals surface area contributed by atoms with E-state index in [1.807, 2.05) is 6.92 Å². The molecule has 0 aromatic heterocycles. The van der Waals surface area contributed by atoms with E-state index in [4.69, 9.17) is 0 Å². The van der Waals surface area contributed by atoms with Crippen molar-refractivity contribution in [1.82, 2.24) is 10.6 Å². The zero-order valence-corrected chi connectivity index (χ0v) is 12.3. The third-order valence-corrected chi connectivity index (χ3v) is 3.18. The SMILES string of the molecule is CN=C(NCC(C)C)NC(C)CCS(C)(=O)=O. The maximum absolute atomic E-state index is 11.0. The molecular weight excluding hydrogens is 238 g/mol. The Morgan fingerprint density at radius 2 is 1.88 bits per heavy atom. The van der Waals surface area contributed by atoms with Crippen LogP contribution in [0.1, 0.15) is 27.2 Å². The predicted molar refractivity (Wildman–Crippen MR) is 73.1 cm³/mol. The smallest absolute Gasteiger partial charge is 0.191 e. The molecule has 2 N–H and O–H groups in total. The van der Waals surface area contributed by atoms with Crippen molar-refractivity contribution in [3.63, 3.8) is 0 Å². The molecule has 1 unspecified atom stereocenters. The standard InChI is InChI=1S/C11H25N3O2S/c1-9(2)8-13-11(12-4)14-10(3)6-7-17(5,15)16/h9-10H,6-8H2,1-5H3,(H2,12,13,14). The molecule has 6 heteroatoms. The number of sulfone groups is 1. The summed E-state index contributed by atoms with van der Waals surface area (Å²) in [7, 11) is -1.18. The first-order valence-corrected chi connectivity index (χ1v) is 7.95. The highest BCUT2D eigenvalue weighted by Crippen LogP contribution is 1.95. The summed E-state index contributed by atoms with van der Waals surface area (Å²) in [5, 5.41) is 6.36. The Morgan fingerprint density at radius 3 is 2.29 bits per heavy atom. The van der Waals surface area contributed by atoms with E-state index in [0.717, 1.165) is 12.5 Å². The second-order valence-electron chi connectivity index (χ2n) is 4.81. The van der Waals surface area contributed by atoms with Gasteiger partial charge in [-0.2, -0.15) is 0 Å². The largest absolute Gasteiger partial charge is 0.356 e. The van der Waals surface area contributed by atoms with Crippen LogP contribution in [0.15, 0.2) is 4.99 Å². The van der Waals surface area contributed by atoms with Crippen molar-refractivity contribution in [2.24, 2.45) is 10.9 Å². The van der Waals surface area contributed by atoms with Gasteiger partial charge in [-0.05, 0) is 19.3 Å². The molecule has 0 aromatic carbocycles. The van der Waals surface area contributed by atoms with Crippen LogP contribution < -0.4 is 10.6 Å². The highest BCUT2D eigenvalue weighted by molar-refractivity contribution is 7.90. The predicted octanol–water partition coefficient (Wildman–Crippen LogP) is 0.631. The highest BCUT2D eigenvalue weighted by Gasteiger charge is 2.09. The number of aliphatic imine (C=N–C) groups is 1. The summed E-state index contributed by atoms with van der Waals surface area (Å²) in [4.78, 5) is 4.09. The molecule has 0 amide bonds. The van der Waals surface area contributed by atoms with Gasteiger partial charge < -0.3 is 10.6 Å². The van der Waals surface area contributed by atoms with Crippen molar-refractivity contribution in [3.8, 4) is 0 Å². The normalized spacial score (nSPS) is 14.8. The third-order valence-electron chi connectivity index (χ3n) is 2.21. The molecule has 17 heavy (non-hydrogen) atoms. The molecule has 0 saturated carbocycles. The average Bonchev–Trinajstić information content (AvgIpc) is 2.20. The van der Waals surface area contributed by atoms with Crippen molar-refractivity contribution < 1.29 is 8.42 Å². The summed E-state index contributed by atoms with van der Waals surface area (Å²) in [5.41, 5.74) is 0.